The monoisotopic (exact) mass is 171 g/mol. The van der Waals surface area contributed by atoms with Crippen LogP contribution in [0.5, 0.6) is 0 Å². The van der Waals surface area contributed by atoms with Crippen LogP contribution in [0.3, 0.4) is 0 Å². The molecule has 0 aromatic carbocycles. The molecule has 0 spiro atoms. The largest absolute Gasteiger partial charge is 0.396 e. The number of hydrogen-bond acceptors (Lipinski definition) is 2. The van der Waals surface area contributed by atoms with Crippen molar-refractivity contribution < 1.29 is 5.11 Å². The molecular formula is C10H21NO. The highest BCUT2D eigenvalue weighted by atomic mass is 16.3. The molecule has 1 unspecified atom stereocenters. The molecule has 0 radical (unpaired) electrons. The Kier molecular flexibility index (Phi) is 4.02. The van der Waals surface area contributed by atoms with E-state index >= 15 is 0 Å². The minimum Gasteiger partial charge on any atom is -0.396 e. The Bertz CT molecular complexity index is 125. The first-order valence-corrected chi connectivity index (χ1v) is 5.08. The summed E-state index contributed by atoms with van der Waals surface area (Å²) in [6, 6.07) is 0.598. The van der Waals surface area contributed by atoms with Crippen molar-refractivity contribution in [2.45, 2.75) is 39.2 Å². The van der Waals surface area contributed by atoms with E-state index < -0.39 is 0 Å². The third-order valence-corrected chi connectivity index (χ3v) is 2.86. The molecule has 0 saturated heterocycles. The lowest BCUT2D eigenvalue weighted by Gasteiger charge is -2.37. The van der Waals surface area contributed by atoms with E-state index in [1.165, 1.54) is 12.8 Å². The van der Waals surface area contributed by atoms with Crippen molar-refractivity contribution in [2.75, 3.05) is 13.2 Å². The summed E-state index contributed by atoms with van der Waals surface area (Å²) < 4.78 is 0. The van der Waals surface area contributed by atoms with Crippen molar-refractivity contribution >= 4 is 0 Å². The van der Waals surface area contributed by atoms with Gasteiger partial charge in [0.15, 0.2) is 0 Å². The van der Waals surface area contributed by atoms with Gasteiger partial charge in [0.25, 0.3) is 0 Å². The summed E-state index contributed by atoms with van der Waals surface area (Å²) in [5, 5.41) is 12.2. The minimum atomic E-state index is 0.364. The van der Waals surface area contributed by atoms with Gasteiger partial charge < -0.3 is 10.4 Å². The molecule has 2 heteroatoms. The number of nitrogens with one attached hydrogen (secondary N) is 1. The molecule has 0 amide bonds. The third-order valence-electron chi connectivity index (χ3n) is 2.86. The third kappa shape index (κ3) is 2.76. The van der Waals surface area contributed by atoms with Crippen LogP contribution >= 0.6 is 0 Å². The van der Waals surface area contributed by atoms with Crippen molar-refractivity contribution in [1.82, 2.24) is 5.32 Å². The Morgan fingerprint density at radius 1 is 1.33 bits per heavy atom. The number of rotatable bonds is 5. The molecule has 1 fully saturated rings. The van der Waals surface area contributed by atoms with E-state index in [1.54, 1.807) is 0 Å². The molecule has 0 heterocycles. The number of aliphatic hydroxyl groups is 1. The predicted molar refractivity (Wildman–Crippen MR) is 51.1 cm³/mol. The molecule has 72 valence electrons. The lowest BCUT2D eigenvalue weighted by molar-refractivity contribution is 0.126. The second kappa shape index (κ2) is 4.83. The molecule has 2 nitrogen and oxygen atoms in total. The summed E-state index contributed by atoms with van der Waals surface area (Å²) in [6.45, 7) is 5.87. The predicted octanol–water partition coefficient (Wildman–Crippen LogP) is 1.39. The Morgan fingerprint density at radius 3 is 2.42 bits per heavy atom. The highest BCUT2D eigenvalue weighted by Crippen LogP contribution is 2.35. The minimum absolute atomic E-state index is 0.364. The fraction of sp³-hybridized carbons (Fsp3) is 1.00. The molecule has 2 N–H and O–H groups in total. The van der Waals surface area contributed by atoms with E-state index in [4.69, 9.17) is 5.11 Å². The summed E-state index contributed by atoms with van der Waals surface area (Å²) in [6.07, 6.45) is 3.68. The van der Waals surface area contributed by atoms with Crippen molar-refractivity contribution in [2.24, 2.45) is 11.8 Å². The molecule has 12 heavy (non-hydrogen) atoms. The van der Waals surface area contributed by atoms with Crippen LogP contribution in [-0.4, -0.2) is 24.3 Å². The van der Waals surface area contributed by atoms with E-state index in [-0.39, 0.29) is 0 Å². The van der Waals surface area contributed by atoms with Gasteiger partial charge >= 0.3 is 0 Å². The average Bonchev–Trinajstić information content (AvgIpc) is 1.98. The van der Waals surface area contributed by atoms with Gasteiger partial charge in [0.1, 0.15) is 0 Å². The van der Waals surface area contributed by atoms with E-state index in [1.807, 2.05) is 0 Å². The zero-order valence-electron chi connectivity index (χ0n) is 8.21. The van der Waals surface area contributed by atoms with Gasteiger partial charge in [-0.3, -0.25) is 0 Å². The maximum Gasteiger partial charge on any atom is 0.0433 e. The van der Waals surface area contributed by atoms with E-state index in [0.29, 0.717) is 12.6 Å². The molecule has 0 aromatic heterocycles. The first kappa shape index (κ1) is 10.0. The van der Waals surface area contributed by atoms with Gasteiger partial charge in [0.05, 0.1) is 0 Å². The van der Waals surface area contributed by atoms with Gasteiger partial charge in [-0.05, 0) is 37.6 Å². The highest BCUT2D eigenvalue weighted by molar-refractivity contribution is 4.82. The second-order valence-corrected chi connectivity index (χ2v) is 4.17. The zero-order chi connectivity index (χ0) is 8.97. The molecule has 2 atom stereocenters. The number of hydrogen-bond donors (Lipinski definition) is 2. The van der Waals surface area contributed by atoms with Crippen molar-refractivity contribution in [3.8, 4) is 0 Å². The van der Waals surface area contributed by atoms with Crippen LogP contribution in [0.25, 0.3) is 0 Å². The molecule has 0 aromatic rings. The first-order valence-electron chi connectivity index (χ1n) is 5.08. The average molecular weight is 171 g/mol. The topological polar surface area (TPSA) is 32.3 Å². The first-order chi connectivity index (χ1) is 5.74. The highest BCUT2D eigenvalue weighted by Gasteiger charge is 2.29. The van der Waals surface area contributed by atoms with Gasteiger partial charge in [0.2, 0.25) is 0 Å². The quantitative estimate of drug-likeness (QED) is 0.655. The van der Waals surface area contributed by atoms with Crippen LogP contribution < -0.4 is 5.32 Å². The number of aliphatic hydroxyl groups excluding tert-OH is 1. The van der Waals surface area contributed by atoms with Crippen LogP contribution in [0.15, 0.2) is 0 Å². The van der Waals surface area contributed by atoms with Crippen molar-refractivity contribution in [1.29, 1.82) is 0 Å². The smallest absolute Gasteiger partial charge is 0.0433 e. The van der Waals surface area contributed by atoms with Crippen LogP contribution in [0.1, 0.15) is 33.1 Å². The second-order valence-electron chi connectivity index (χ2n) is 4.17. The SMILES string of the molecule is CC(C)NCC1CC[C@H]1CCO. The standard InChI is InChI=1S/C10H21NO/c1-8(2)11-7-10-4-3-9(10)5-6-12/h8-12H,3-7H2,1-2H3/t9-,10?/m0/s1. The molecule has 0 bridgehead atoms. The lowest BCUT2D eigenvalue weighted by atomic mass is 9.72. The summed E-state index contributed by atoms with van der Waals surface area (Å²) in [5.41, 5.74) is 0. The Labute approximate surface area is 75.4 Å². The van der Waals surface area contributed by atoms with Crippen LogP contribution in [-0.2, 0) is 0 Å². The fourth-order valence-electron chi connectivity index (χ4n) is 1.84. The van der Waals surface area contributed by atoms with Crippen LogP contribution in [0.2, 0.25) is 0 Å². The van der Waals surface area contributed by atoms with Gasteiger partial charge in [-0.25, -0.2) is 0 Å². The maximum atomic E-state index is 8.78. The molecule has 1 aliphatic rings. The summed E-state index contributed by atoms with van der Waals surface area (Å²) in [5.74, 6) is 1.63. The Balaban J connectivity index is 2.08. The van der Waals surface area contributed by atoms with Crippen molar-refractivity contribution in [3.63, 3.8) is 0 Å². The Hall–Kier alpha value is -0.0800. The zero-order valence-corrected chi connectivity index (χ0v) is 8.21. The molecule has 1 rings (SSSR count). The molecule has 1 saturated carbocycles. The molecule has 1 aliphatic carbocycles. The summed E-state index contributed by atoms with van der Waals surface area (Å²) in [4.78, 5) is 0. The Morgan fingerprint density at radius 2 is 2.00 bits per heavy atom. The van der Waals surface area contributed by atoms with Gasteiger partial charge in [-0.1, -0.05) is 13.8 Å². The fourth-order valence-corrected chi connectivity index (χ4v) is 1.84. The van der Waals surface area contributed by atoms with E-state index in [2.05, 4.69) is 19.2 Å². The maximum absolute atomic E-state index is 8.78. The van der Waals surface area contributed by atoms with Crippen molar-refractivity contribution in [3.05, 3.63) is 0 Å². The van der Waals surface area contributed by atoms with E-state index in [0.717, 1.165) is 24.8 Å². The molecule has 0 aliphatic heterocycles. The summed E-state index contributed by atoms with van der Waals surface area (Å²) in [7, 11) is 0. The van der Waals surface area contributed by atoms with Crippen LogP contribution in [0.4, 0.5) is 0 Å². The van der Waals surface area contributed by atoms with Gasteiger partial charge in [-0.2, -0.15) is 0 Å². The van der Waals surface area contributed by atoms with E-state index in [9.17, 15) is 0 Å². The van der Waals surface area contributed by atoms with Gasteiger partial charge in [0, 0.05) is 12.6 Å². The lowest BCUT2D eigenvalue weighted by Crippen LogP contribution is -2.38. The van der Waals surface area contributed by atoms with Crippen LogP contribution in [0, 0.1) is 11.8 Å². The normalized spacial score (nSPS) is 29.0. The molecular weight excluding hydrogens is 150 g/mol. The summed E-state index contributed by atoms with van der Waals surface area (Å²) >= 11 is 0. The van der Waals surface area contributed by atoms with Gasteiger partial charge in [-0.15, -0.1) is 0 Å².